The van der Waals surface area contributed by atoms with Gasteiger partial charge in [-0.25, -0.2) is 0 Å². The summed E-state index contributed by atoms with van der Waals surface area (Å²) in [5.74, 6) is -0.293. The number of ether oxygens (including phenoxy) is 3. The second-order valence-electron chi connectivity index (χ2n) is 18.2. The molecule has 378 valence electrons. The van der Waals surface area contributed by atoms with Crippen LogP contribution in [0.1, 0.15) is 219 Å². The van der Waals surface area contributed by atoms with Gasteiger partial charge < -0.3 is 45.1 Å². The van der Waals surface area contributed by atoms with E-state index in [1.54, 1.807) is 6.08 Å². The molecule has 0 bridgehead atoms. The van der Waals surface area contributed by atoms with E-state index in [1.807, 2.05) is 6.08 Å². The van der Waals surface area contributed by atoms with E-state index < -0.39 is 49.5 Å². The first-order valence-electron chi connectivity index (χ1n) is 26.4. The summed E-state index contributed by atoms with van der Waals surface area (Å²) in [4.78, 5) is 25.0. The van der Waals surface area contributed by atoms with E-state index in [4.69, 9.17) is 14.2 Å². The summed E-state index contributed by atoms with van der Waals surface area (Å²) in [5.41, 5.74) is 0. The zero-order chi connectivity index (χ0) is 47.4. The predicted octanol–water partition coefficient (Wildman–Crippen LogP) is 10.9. The molecule has 0 saturated carbocycles. The molecule has 0 aromatic heterocycles. The minimum atomic E-state index is -1.59. The lowest BCUT2D eigenvalue weighted by atomic mass is 9.99. The molecular formula is C54H97NO10. The van der Waals surface area contributed by atoms with Crippen molar-refractivity contribution in [2.45, 2.75) is 262 Å². The van der Waals surface area contributed by atoms with Crippen molar-refractivity contribution in [1.82, 2.24) is 5.32 Å². The Morgan fingerprint density at radius 1 is 0.554 bits per heavy atom. The Kier molecular flexibility index (Phi) is 41.2. The molecule has 0 aromatic carbocycles. The number of carbonyl (C=O) groups excluding carboxylic acids is 2. The van der Waals surface area contributed by atoms with Gasteiger partial charge in [-0.15, -0.1) is 0 Å². The van der Waals surface area contributed by atoms with Crippen molar-refractivity contribution in [2.24, 2.45) is 0 Å². The highest BCUT2D eigenvalue weighted by atomic mass is 16.7. The summed E-state index contributed by atoms with van der Waals surface area (Å²) in [6.45, 7) is 4.16. The predicted molar refractivity (Wildman–Crippen MR) is 264 cm³/mol. The smallest absolute Gasteiger partial charge is 0.305 e. The van der Waals surface area contributed by atoms with E-state index in [0.717, 1.165) is 83.5 Å². The van der Waals surface area contributed by atoms with Gasteiger partial charge in [0, 0.05) is 12.8 Å². The first-order valence-corrected chi connectivity index (χ1v) is 26.4. The topological polar surface area (TPSA) is 175 Å². The van der Waals surface area contributed by atoms with Crippen LogP contribution in [0.2, 0.25) is 0 Å². The van der Waals surface area contributed by atoms with Crippen molar-refractivity contribution >= 4 is 11.9 Å². The average Bonchev–Trinajstić information content (AvgIpc) is 3.30. The Morgan fingerprint density at radius 2 is 1.02 bits per heavy atom. The Bertz CT molecular complexity index is 1220. The van der Waals surface area contributed by atoms with Crippen LogP contribution in [-0.2, 0) is 23.8 Å². The van der Waals surface area contributed by atoms with Crippen LogP contribution in [-0.4, -0.2) is 100 Å². The molecule has 6 N–H and O–H groups in total. The Morgan fingerprint density at radius 3 is 1.57 bits per heavy atom. The molecular weight excluding hydrogens is 823 g/mol. The van der Waals surface area contributed by atoms with Gasteiger partial charge in [0.05, 0.1) is 32.0 Å². The highest BCUT2D eigenvalue weighted by molar-refractivity contribution is 5.76. The third kappa shape index (κ3) is 34.6. The Balaban J connectivity index is 2.27. The number of hydrogen-bond donors (Lipinski definition) is 6. The molecule has 7 unspecified atom stereocenters. The van der Waals surface area contributed by atoms with Gasteiger partial charge in [-0.2, -0.15) is 0 Å². The zero-order valence-electron chi connectivity index (χ0n) is 41.2. The molecule has 0 spiro atoms. The van der Waals surface area contributed by atoms with Crippen molar-refractivity contribution in [2.75, 3.05) is 19.8 Å². The summed E-state index contributed by atoms with van der Waals surface area (Å²) in [6.07, 6.45) is 43.3. The molecule has 1 rings (SSSR count). The largest absolute Gasteiger partial charge is 0.466 e. The lowest BCUT2D eigenvalue weighted by molar-refractivity contribution is -0.302. The number of nitrogens with one attached hydrogen (secondary N) is 1. The van der Waals surface area contributed by atoms with Crippen LogP contribution < -0.4 is 5.32 Å². The number of esters is 1. The maximum absolute atomic E-state index is 13.0. The number of allylic oxidation sites excluding steroid dienone is 7. The van der Waals surface area contributed by atoms with Crippen molar-refractivity contribution in [3.05, 3.63) is 48.6 Å². The summed E-state index contributed by atoms with van der Waals surface area (Å²) in [6, 6.07) is -0.849. The third-order valence-corrected chi connectivity index (χ3v) is 12.1. The van der Waals surface area contributed by atoms with Crippen molar-refractivity contribution in [3.63, 3.8) is 0 Å². The minimum absolute atomic E-state index is 0.0703. The van der Waals surface area contributed by atoms with Crippen molar-refractivity contribution in [3.8, 4) is 0 Å². The molecule has 0 aliphatic carbocycles. The van der Waals surface area contributed by atoms with E-state index in [0.29, 0.717) is 25.9 Å². The second kappa shape index (κ2) is 44.1. The highest BCUT2D eigenvalue weighted by Gasteiger charge is 2.44. The van der Waals surface area contributed by atoms with Gasteiger partial charge in [-0.3, -0.25) is 9.59 Å². The zero-order valence-corrected chi connectivity index (χ0v) is 41.2. The summed E-state index contributed by atoms with van der Waals surface area (Å²) >= 11 is 0. The third-order valence-electron chi connectivity index (χ3n) is 12.1. The number of hydrogen-bond acceptors (Lipinski definition) is 10. The summed E-state index contributed by atoms with van der Waals surface area (Å²) in [7, 11) is 0. The Hall–Kier alpha value is -2.38. The fraction of sp³-hybridized carbons (Fsp3) is 0.815. The molecule has 11 heteroatoms. The molecule has 1 fully saturated rings. The van der Waals surface area contributed by atoms with Crippen LogP contribution in [0.15, 0.2) is 48.6 Å². The van der Waals surface area contributed by atoms with Gasteiger partial charge in [0.1, 0.15) is 24.4 Å². The summed E-state index contributed by atoms with van der Waals surface area (Å²) in [5, 5.41) is 54.3. The number of aliphatic hydroxyl groups is 5. The molecule has 65 heavy (non-hydrogen) atoms. The number of unbranched alkanes of at least 4 members (excludes halogenated alkanes) is 24. The maximum Gasteiger partial charge on any atom is 0.305 e. The van der Waals surface area contributed by atoms with Gasteiger partial charge in [0.2, 0.25) is 5.91 Å². The molecule has 1 aliphatic rings. The van der Waals surface area contributed by atoms with Gasteiger partial charge in [-0.1, -0.05) is 165 Å². The molecule has 7 atom stereocenters. The minimum Gasteiger partial charge on any atom is -0.466 e. The first kappa shape index (κ1) is 60.6. The van der Waals surface area contributed by atoms with E-state index in [1.165, 1.54) is 103 Å². The lowest BCUT2D eigenvalue weighted by Crippen LogP contribution is -2.60. The normalized spacial score (nSPS) is 20.1. The van der Waals surface area contributed by atoms with E-state index in [2.05, 4.69) is 55.6 Å². The van der Waals surface area contributed by atoms with E-state index in [-0.39, 0.29) is 18.5 Å². The van der Waals surface area contributed by atoms with E-state index >= 15 is 0 Å². The molecule has 11 nitrogen and oxygen atoms in total. The fourth-order valence-electron chi connectivity index (χ4n) is 7.83. The molecule has 0 aromatic rings. The average molecular weight is 920 g/mol. The van der Waals surface area contributed by atoms with Crippen LogP contribution in [0.25, 0.3) is 0 Å². The molecule has 1 heterocycles. The summed E-state index contributed by atoms with van der Waals surface area (Å²) < 4.78 is 16.6. The fourth-order valence-corrected chi connectivity index (χ4v) is 7.83. The van der Waals surface area contributed by atoms with Gasteiger partial charge in [0.15, 0.2) is 6.29 Å². The van der Waals surface area contributed by atoms with Gasteiger partial charge >= 0.3 is 5.97 Å². The number of carbonyl (C=O) groups is 2. The molecule has 1 amide bonds. The number of aliphatic hydroxyl groups excluding tert-OH is 5. The van der Waals surface area contributed by atoms with Crippen molar-refractivity contribution in [1.29, 1.82) is 0 Å². The number of rotatable bonds is 44. The van der Waals surface area contributed by atoms with Gasteiger partial charge in [0.25, 0.3) is 0 Å². The lowest BCUT2D eigenvalue weighted by Gasteiger charge is -2.40. The van der Waals surface area contributed by atoms with Crippen LogP contribution >= 0.6 is 0 Å². The molecule has 0 radical (unpaired) electrons. The first-order chi connectivity index (χ1) is 31.7. The van der Waals surface area contributed by atoms with Crippen LogP contribution in [0, 0.1) is 0 Å². The number of amides is 1. The molecule has 1 saturated heterocycles. The van der Waals surface area contributed by atoms with Crippen LogP contribution in [0.4, 0.5) is 0 Å². The molecule has 1 aliphatic heterocycles. The second-order valence-corrected chi connectivity index (χ2v) is 18.2. The van der Waals surface area contributed by atoms with Crippen molar-refractivity contribution < 1.29 is 49.3 Å². The van der Waals surface area contributed by atoms with Crippen LogP contribution in [0.3, 0.4) is 0 Å². The van der Waals surface area contributed by atoms with E-state index in [9.17, 15) is 35.1 Å². The Labute approximate surface area is 396 Å². The van der Waals surface area contributed by atoms with Crippen LogP contribution in [0.5, 0.6) is 0 Å². The quantitative estimate of drug-likeness (QED) is 0.0196. The SMILES string of the molecule is CCCC/C=C\CCCCCCCC(=O)OCCCC/C=C\CCCCCCCC(=O)NC(COC1OC(CO)C(O)C(O)C1O)C(O)/C=C/CC/C=C/CCCCCCCCCCC. The maximum atomic E-state index is 13.0. The van der Waals surface area contributed by atoms with Gasteiger partial charge in [-0.05, 0) is 89.9 Å². The monoisotopic (exact) mass is 920 g/mol. The highest BCUT2D eigenvalue weighted by Crippen LogP contribution is 2.22. The standard InChI is InChI=1S/C54H97NO10/c1-3-5-7-9-11-13-15-16-17-18-21-24-28-32-36-40-47(57)46(45-64-54-53(62)52(61)51(60)48(44-56)65-54)55-49(58)41-37-33-29-25-22-19-23-27-31-35-39-43-63-50(59)42-38-34-30-26-20-14-12-10-8-6-4-2/h10,12,21,23-24,27,36,40,46-48,51-54,56-57,60-62H,3-9,11,13-20,22,25-26,28-35,37-39,41-45H2,1-2H3,(H,55,58)/b12-10-,24-21+,27-23-,40-36+.